The highest BCUT2D eigenvalue weighted by atomic mass is 16.2. The fourth-order valence-corrected chi connectivity index (χ4v) is 2.23. The molecule has 0 aliphatic carbocycles. The van der Waals surface area contributed by atoms with Crippen LogP contribution in [0.5, 0.6) is 0 Å². The molecular formula is C14H28N2O. The van der Waals surface area contributed by atoms with Crippen molar-refractivity contribution in [2.24, 2.45) is 5.92 Å². The van der Waals surface area contributed by atoms with Gasteiger partial charge in [0.25, 0.3) is 0 Å². The van der Waals surface area contributed by atoms with Gasteiger partial charge in [-0.2, -0.15) is 0 Å². The first-order valence-corrected chi connectivity index (χ1v) is 7.16. The fourth-order valence-electron chi connectivity index (χ4n) is 2.23. The van der Waals surface area contributed by atoms with E-state index in [4.69, 9.17) is 0 Å². The molecule has 2 unspecified atom stereocenters. The molecule has 1 rings (SSSR count). The number of carbonyl (C=O) groups excluding carboxylic acids is 1. The lowest BCUT2D eigenvalue weighted by Crippen LogP contribution is -2.43. The summed E-state index contributed by atoms with van der Waals surface area (Å²) in [5, 5.41) is 3.36. The van der Waals surface area contributed by atoms with E-state index in [1.807, 2.05) is 4.90 Å². The van der Waals surface area contributed by atoms with Crippen LogP contribution >= 0.6 is 0 Å². The highest BCUT2D eigenvalue weighted by molar-refractivity contribution is 5.78. The van der Waals surface area contributed by atoms with Crippen LogP contribution in [-0.2, 0) is 4.79 Å². The van der Waals surface area contributed by atoms with Crippen molar-refractivity contribution in [2.75, 3.05) is 19.6 Å². The third-order valence-corrected chi connectivity index (χ3v) is 4.03. The van der Waals surface area contributed by atoms with Crippen LogP contribution < -0.4 is 5.32 Å². The number of likely N-dealkylation sites (tertiary alicyclic amines) is 1. The second-order valence-electron chi connectivity index (χ2n) is 5.35. The van der Waals surface area contributed by atoms with E-state index in [2.05, 4.69) is 26.1 Å². The van der Waals surface area contributed by atoms with Crippen molar-refractivity contribution in [2.45, 2.75) is 58.9 Å². The lowest BCUT2D eigenvalue weighted by molar-refractivity contribution is -0.130. The largest absolute Gasteiger partial charge is 0.342 e. The number of hydrogen-bond acceptors (Lipinski definition) is 2. The van der Waals surface area contributed by atoms with Crippen LogP contribution in [0.3, 0.4) is 0 Å². The fraction of sp³-hybridized carbons (Fsp3) is 0.929. The number of rotatable bonds is 5. The third-order valence-electron chi connectivity index (χ3n) is 4.03. The second kappa shape index (κ2) is 7.70. The Labute approximate surface area is 106 Å². The molecule has 0 aromatic heterocycles. The van der Waals surface area contributed by atoms with Gasteiger partial charge < -0.3 is 10.2 Å². The lowest BCUT2D eigenvalue weighted by atomic mass is 10.0. The molecule has 1 aliphatic rings. The topological polar surface area (TPSA) is 32.3 Å². The minimum atomic E-state index is 0.280. The van der Waals surface area contributed by atoms with Gasteiger partial charge in [-0.1, -0.05) is 33.1 Å². The van der Waals surface area contributed by atoms with Crippen molar-refractivity contribution < 1.29 is 4.79 Å². The monoisotopic (exact) mass is 240 g/mol. The predicted octanol–water partition coefficient (Wildman–Crippen LogP) is 2.41. The van der Waals surface area contributed by atoms with Gasteiger partial charge in [0.05, 0.1) is 6.54 Å². The van der Waals surface area contributed by atoms with Gasteiger partial charge in [0, 0.05) is 19.1 Å². The van der Waals surface area contributed by atoms with E-state index in [1.54, 1.807) is 0 Å². The van der Waals surface area contributed by atoms with Gasteiger partial charge >= 0.3 is 0 Å². The van der Waals surface area contributed by atoms with E-state index in [0.29, 0.717) is 18.5 Å². The Morgan fingerprint density at radius 3 is 2.29 bits per heavy atom. The van der Waals surface area contributed by atoms with Gasteiger partial charge in [-0.15, -0.1) is 0 Å². The van der Waals surface area contributed by atoms with Crippen LogP contribution in [0.15, 0.2) is 0 Å². The Hall–Kier alpha value is -0.570. The van der Waals surface area contributed by atoms with E-state index in [9.17, 15) is 4.79 Å². The minimum Gasteiger partial charge on any atom is -0.342 e. The molecule has 1 amide bonds. The first kappa shape index (κ1) is 14.5. The first-order valence-electron chi connectivity index (χ1n) is 7.16. The first-order chi connectivity index (χ1) is 8.15. The molecule has 0 aromatic carbocycles. The maximum absolute atomic E-state index is 12.0. The molecule has 3 nitrogen and oxygen atoms in total. The summed E-state index contributed by atoms with van der Waals surface area (Å²) in [5.74, 6) is 0.911. The molecule has 0 bridgehead atoms. The van der Waals surface area contributed by atoms with Gasteiger partial charge in [-0.25, -0.2) is 0 Å². The predicted molar refractivity (Wildman–Crippen MR) is 72.0 cm³/mol. The van der Waals surface area contributed by atoms with Crippen LogP contribution in [0.2, 0.25) is 0 Å². The Bertz CT molecular complexity index is 222. The summed E-state index contributed by atoms with van der Waals surface area (Å²) < 4.78 is 0. The molecule has 1 aliphatic heterocycles. The number of amides is 1. The molecule has 1 saturated heterocycles. The maximum Gasteiger partial charge on any atom is 0.236 e. The summed E-state index contributed by atoms with van der Waals surface area (Å²) in [5.41, 5.74) is 0. The molecule has 0 radical (unpaired) electrons. The normalized spacial score (nSPS) is 20.8. The maximum atomic E-state index is 12.0. The number of nitrogens with zero attached hydrogens (tertiary/aromatic N) is 1. The zero-order valence-corrected chi connectivity index (χ0v) is 11.7. The molecule has 2 atom stereocenters. The van der Waals surface area contributed by atoms with Gasteiger partial charge in [0.2, 0.25) is 5.91 Å². The van der Waals surface area contributed by atoms with E-state index in [1.165, 1.54) is 25.7 Å². The van der Waals surface area contributed by atoms with Crippen molar-refractivity contribution in [3.8, 4) is 0 Å². The summed E-state index contributed by atoms with van der Waals surface area (Å²) in [6.07, 6.45) is 6.06. The molecule has 0 spiro atoms. The lowest BCUT2D eigenvalue weighted by Gasteiger charge is -2.24. The molecular weight excluding hydrogens is 212 g/mol. The minimum absolute atomic E-state index is 0.280. The van der Waals surface area contributed by atoms with E-state index in [0.717, 1.165) is 19.5 Å². The smallest absolute Gasteiger partial charge is 0.236 e. The highest BCUT2D eigenvalue weighted by Crippen LogP contribution is 2.10. The molecule has 0 saturated carbocycles. The van der Waals surface area contributed by atoms with Crippen molar-refractivity contribution in [3.05, 3.63) is 0 Å². The number of hydrogen-bond donors (Lipinski definition) is 1. The number of nitrogens with one attached hydrogen (secondary N) is 1. The van der Waals surface area contributed by atoms with Gasteiger partial charge in [-0.3, -0.25) is 4.79 Å². The van der Waals surface area contributed by atoms with Gasteiger partial charge in [0.1, 0.15) is 0 Å². The summed E-state index contributed by atoms with van der Waals surface area (Å²) in [6, 6.07) is 0.427. The Morgan fingerprint density at radius 2 is 1.76 bits per heavy atom. The zero-order valence-electron chi connectivity index (χ0n) is 11.7. The van der Waals surface area contributed by atoms with Gasteiger partial charge in [-0.05, 0) is 25.7 Å². The molecule has 17 heavy (non-hydrogen) atoms. The summed E-state index contributed by atoms with van der Waals surface area (Å²) in [6.45, 7) is 9.01. The Morgan fingerprint density at radius 1 is 1.18 bits per heavy atom. The van der Waals surface area contributed by atoms with Crippen LogP contribution in [0.25, 0.3) is 0 Å². The standard InChI is InChI=1S/C14H28N2O/c1-4-12(2)13(3)15-11-14(17)16-9-7-5-6-8-10-16/h12-13,15H,4-11H2,1-3H3. The molecule has 1 heterocycles. The van der Waals surface area contributed by atoms with Crippen LogP contribution in [0.4, 0.5) is 0 Å². The molecule has 1 fully saturated rings. The molecule has 1 N–H and O–H groups in total. The third kappa shape index (κ3) is 5.07. The summed E-state index contributed by atoms with van der Waals surface area (Å²) in [4.78, 5) is 14.1. The van der Waals surface area contributed by atoms with Crippen molar-refractivity contribution in [1.29, 1.82) is 0 Å². The van der Waals surface area contributed by atoms with Crippen LogP contribution in [0.1, 0.15) is 52.9 Å². The Balaban J connectivity index is 2.28. The summed E-state index contributed by atoms with van der Waals surface area (Å²) in [7, 11) is 0. The zero-order chi connectivity index (χ0) is 12.7. The second-order valence-corrected chi connectivity index (χ2v) is 5.35. The van der Waals surface area contributed by atoms with E-state index >= 15 is 0 Å². The van der Waals surface area contributed by atoms with Crippen molar-refractivity contribution in [3.63, 3.8) is 0 Å². The average Bonchev–Trinajstić information content (AvgIpc) is 2.63. The quantitative estimate of drug-likeness (QED) is 0.800. The van der Waals surface area contributed by atoms with Crippen LogP contribution in [-0.4, -0.2) is 36.5 Å². The Kier molecular flexibility index (Phi) is 6.56. The molecule has 0 aromatic rings. The molecule has 100 valence electrons. The summed E-state index contributed by atoms with van der Waals surface area (Å²) >= 11 is 0. The van der Waals surface area contributed by atoms with Crippen molar-refractivity contribution >= 4 is 5.91 Å². The van der Waals surface area contributed by atoms with E-state index < -0.39 is 0 Å². The van der Waals surface area contributed by atoms with Crippen molar-refractivity contribution in [1.82, 2.24) is 10.2 Å². The van der Waals surface area contributed by atoms with Gasteiger partial charge in [0.15, 0.2) is 0 Å². The highest BCUT2D eigenvalue weighted by Gasteiger charge is 2.17. The van der Waals surface area contributed by atoms with Crippen LogP contribution in [0, 0.1) is 5.92 Å². The SMILES string of the molecule is CCC(C)C(C)NCC(=O)N1CCCCCC1. The molecule has 3 heteroatoms. The van der Waals surface area contributed by atoms with E-state index in [-0.39, 0.29) is 5.91 Å². The average molecular weight is 240 g/mol. The number of carbonyl (C=O) groups is 1.